The first-order valence-corrected chi connectivity index (χ1v) is 7.95. The molecule has 0 radical (unpaired) electrons. The number of nitrogens with one attached hydrogen (secondary N) is 1. The standard InChI is InChI=1S/C15H21ClN2OS/c1-15(2,3)8-11-9-17-14(20-11)18-12-7-10(16)5-6-13(12)19-4/h5-7,11H,8-9H2,1-4H3,(H,17,18). The van der Waals surface area contributed by atoms with Crippen molar-refractivity contribution in [3.63, 3.8) is 0 Å². The number of anilines is 1. The molecule has 1 unspecified atom stereocenters. The van der Waals surface area contributed by atoms with E-state index in [0.717, 1.165) is 29.6 Å². The van der Waals surface area contributed by atoms with E-state index in [0.29, 0.717) is 15.7 Å². The Morgan fingerprint density at radius 1 is 1.45 bits per heavy atom. The van der Waals surface area contributed by atoms with Crippen LogP contribution in [0, 0.1) is 5.41 Å². The molecule has 5 heteroatoms. The Morgan fingerprint density at radius 2 is 2.20 bits per heavy atom. The maximum Gasteiger partial charge on any atom is 0.161 e. The molecule has 1 aliphatic rings. The van der Waals surface area contributed by atoms with Gasteiger partial charge in [0.25, 0.3) is 0 Å². The fourth-order valence-electron chi connectivity index (χ4n) is 2.17. The van der Waals surface area contributed by atoms with E-state index >= 15 is 0 Å². The number of amidine groups is 1. The highest BCUT2D eigenvalue weighted by Gasteiger charge is 2.25. The summed E-state index contributed by atoms with van der Waals surface area (Å²) in [7, 11) is 1.65. The second kappa shape index (κ2) is 6.27. The van der Waals surface area contributed by atoms with Gasteiger partial charge in [-0.15, -0.1) is 0 Å². The molecule has 1 aromatic carbocycles. The predicted octanol–water partition coefficient (Wildman–Crippen LogP) is 4.67. The van der Waals surface area contributed by atoms with E-state index < -0.39 is 0 Å². The van der Waals surface area contributed by atoms with Crippen molar-refractivity contribution >= 4 is 34.2 Å². The molecule has 110 valence electrons. The topological polar surface area (TPSA) is 33.6 Å². The van der Waals surface area contributed by atoms with Gasteiger partial charge in [-0.1, -0.05) is 44.1 Å². The van der Waals surface area contributed by atoms with Crippen molar-refractivity contribution in [2.75, 3.05) is 19.0 Å². The molecular weight excluding hydrogens is 292 g/mol. The molecule has 0 saturated carbocycles. The minimum Gasteiger partial charge on any atom is -0.495 e. The third-order valence-electron chi connectivity index (χ3n) is 2.96. The lowest BCUT2D eigenvalue weighted by atomic mass is 9.90. The number of thioether (sulfide) groups is 1. The maximum absolute atomic E-state index is 6.03. The van der Waals surface area contributed by atoms with Crippen LogP contribution in [0.5, 0.6) is 5.75 Å². The molecule has 0 amide bonds. The van der Waals surface area contributed by atoms with Crippen LogP contribution in [0.2, 0.25) is 5.02 Å². The second-order valence-electron chi connectivity index (χ2n) is 6.12. The van der Waals surface area contributed by atoms with Gasteiger partial charge in [0.15, 0.2) is 5.17 Å². The van der Waals surface area contributed by atoms with Gasteiger partial charge in [-0.05, 0) is 30.0 Å². The Balaban J connectivity index is 2.00. The summed E-state index contributed by atoms with van der Waals surface area (Å²) in [6.07, 6.45) is 1.15. The van der Waals surface area contributed by atoms with Crippen LogP contribution >= 0.6 is 23.4 Å². The van der Waals surface area contributed by atoms with Crippen molar-refractivity contribution in [2.24, 2.45) is 10.4 Å². The van der Waals surface area contributed by atoms with Gasteiger partial charge in [-0.2, -0.15) is 0 Å². The average molecular weight is 313 g/mol. The van der Waals surface area contributed by atoms with E-state index in [1.54, 1.807) is 18.9 Å². The number of halogens is 1. The molecule has 0 aromatic heterocycles. The SMILES string of the molecule is COc1ccc(Cl)cc1NC1=NCC(CC(C)(C)C)S1. The van der Waals surface area contributed by atoms with Crippen LogP contribution in [0.3, 0.4) is 0 Å². The normalized spacial score (nSPS) is 18.9. The van der Waals surface area contributed by atoms with Crippen molar-refractivity contribution in [1.82, 2.24) is 0 Å². The number of rotatable bonds is 3. The molecule has 20 heavy (non-hydrogen) atoms. The summed E-state index contributed by atoms with van der Waals surface area (Å²) in [5.74, 6) is 0.775. The molecule has 1 aromatic rings. The minimum absolute atomic E-state index is 0.330. The first-order valence-electron chi connectivity index (χ1n) is 6.69. The van der Waals surface area contributed by atoms with E-state index in [1.807, 2.05) is 18.2 Å². The third-order valence-corrected chi connectivity index (χ3v) is 4.30. The Kier molecular flexibility index (Phi) is 4.86. The molecule has 1 aliphatic heterocycles. The van der Waals surface area contributed by atoms with Crippen LogP contribution in [0.15, 0.2) is 23.2 Å². The number of nitrogens with zero attached hydrogens (tertiary/aromatic N) is 1. The van der Waals surface area contributed by atoms with Gasteiger partial charge in [-0.3, -0.25) is 4.99 Å². The van der Waals surface area contributed by atoms with E-state index in [2.05, 4.69) is 31.1 Å². The first kappa shape index (κ1) is 15.5. The Hall–Kier alpha value is -0.870. The van der Waals surface area contributed by atoms with E-state index in [1.165, 1.54) is 0 Å². The number of benzene rings is 1. The number of aliphatic imine (C=N–C) groups is 1. The molecule has 1 atom stereocenters. The summed E-state index contributed by atoms with van der Waals surface area (Å²) < 4.78 is 5.33. The summed E-state index contributed by atoms with van der Waals surface area (Å²) in [6, 6.07) is 5.54. The summed E-state index contributed by atoms with van der Waals surface area (Å²) in [6.45, 7) is 7.66. The highest BCUT2D eigenvalue weighted by molar-refractivity contribution is 8.15. The number of hydrogen-bond acceptors (Lipinski definition) is 4. The molecule has 3 nitrogen and oxygen atoms in total. The van der Waals surface area contributed by atoms with Crippen molar-refractivity contribution in [1.29, 1.82) is 0 Å². The predicted molar refractivity (Wildman–Crippen MR) is 89.4 cm³/mol. The highest BCUT2D eigenvalue weighted by atomic mass is 35.5. The molecular formula is C15H21ClN2OS. The molecule has 0 bridgehead atoms. The van der Waals surface area contributed by atoms with Crippen molar-refractivity contribution in [3.05, 3.63) is 23.2 Å². The number of ether oxygens (including phenoxy) is 1. The van der Waals surface area contributed by atoms with Crippen LogP contribution in [-0.2, 0) is 0 Å². The molecule has 0 aliphatic carbocycles. The summed E-state index contributed by atoms with van der Waals surface area (Å²) in [4.78, 5) is 4.57. The molecule has 1 N–H and O–H groups in total. The Labute approximate surface area is 130 Å². The van der Waals surface area contributed by atoms with Crippen LogP contribution in [0.25, 0.3) is 0 Å². The van der Waals surface area contributed by atoms with Gasteiger partial charge in [0.2, 0.25) is 0 Å². The van der Waals surface area contributed by atoms with Gasteiger partial charge < -0.3 is 10.1 Å². The van der Waals surface area contributed by atoms with E-state index in [-0.39, 0.29) is 0 Å². The number of hydrogen-bond donors (Lipinski definition) is 1. The van der Waals surface area contributed by atoms with Crippen molar-refractivity contribution in [2.45, 2.75) is 32.4 Å². The molecule has 2 rings (SSSR count). The monoisotopic (exact) mass is 312 g/mol. The van der Waals surface area contributed by atoms with Crippen molar-refractivity contribution < 1.29 is 4.74 Å². The van der Waals surface area contributed by atoms with E-state index in [4.69, 9.17) is 16.3 Å². The Morgan fingerprint density at radius 3 is 2.85 bits per heavy atom. The molecule has 0 spiro atoms. The summed E-state index contributed by atoms with van der Waals surface area (Å²) in [5, 5.41) is 5.49. The van der Waals surface area contributed by atoms with Crippen LogP contribution in [-0.4, -0.2) is 24.1 Å². The quantitative estimate of drug-likeness (QED) is 0.880. The average Bonchev–Trinajstić information content (AvgIpc) is 2.74. The summed E-state index contributed by atoms with van der Waals surface area (Å²) >= 11 is 7.83. The van der Waals surface area contributed by atoms with Crippen molar-refractivity contribution in [3.8, 4) is 5.75 Å². The summed E-state index contributed by atoms with van der Waals surface area (Å²) in [5.41, 5.74) is 1.19. The zero-order chi connectivity index (χ0) is 14.8. The molecule has 0 fully saturated rings. The zero-order valence-corrected chi connectivity index (χ0v) is 13.9. The van der Waals surface area contributed by atoms with Crippen LogP contribution in [0.4, 0.5) is 5.69 Å². The minimum atomic E-state index is 0.330. The molecule has 0 saturated heterocycles. The third kappa shape index (κ3) is 4.32. The maximum atomic E-state index is 6.03. The lowest BCUT2D eigenvalue weighted by Gasteiger charge is -2.21. The Bertz CT molecular complexity index is 511. The van der Waals surface area contributed by atoms with Gasteiger partial charge in [0.1, 0.15) is 5.75 Å². The lowest BCUT2D eigenvalue weighted by Crippen LogP contribution is -2.16. The zero-order valence-electron chi connectivity index (χ0n) is 12.4. The fourth-order valence-corrected chi connectivity index (χ4v) is 3.71. The lowest BCUT2D eigenvalue weighted by molar-refractivity contribution is 0.375. The van der Waals surface area contributed by atoms with Gasteiger partial charge >= 0.3 is 0 Å². The molecule has 1 heterocycles. The smallest absolute Gasteiger partial charge is 0.161 e. The van der Waals surface area contributed by atoms with Gasteiger partial charge in [0.05, 0.1) is 19.3 Å². The highest BCUT2D eigenvalue weighted by Crippen LogP contribution is 2.34. The van der Waals surface area contributed by atoms with E-state index in [9.17, 15) is 0 Å². The van der Waals surface area contributed by atoms with Gasteiger partial charge in [0, 0.05) is 10.3 Å². The van der Waals surface area contributed by atoms with Crippen LogP contribution < -0.4 is 10.1 Å². The fraction of sp³-hybridized carbons (Fsp3) is 0.533. The van der Waals surface area contributed by atoms with Gasteiger partial charge in [-0.25, -0.2) is 0 Å². The van der Waals surface area contributed by atoms with Crippen LogP contribution in [0.1, 0.15) is 27.2 Å². The largest absolute Gasteiger partial charge is 0.495 e. The second-order valence-corrected chi connectivity index (χ2v) is 7.85. The number of methoxy groups -OCH3 is 1. The first-order chi connectivity index (χ1) is 9.37.